The van der Waals surface area contributed by atoms with Crippen LogP contribution in [0.25, 0.3) is 0 Å². The Morgan fingerprint density at radius 2 is 2.05 bits per heavy atom. The maximum Gasteiger partial charge on any atom is 0.431 e. The van der Waals surface area contributed by atoms with Crippen LogP contribution in [0.2, 0.25) is 0 Å². The number of halogens is 3. The molecule has 4 nitrogen and oxygen atoms in total. The summed E-state index contributed by atoms with van der Waals surface area (Å²) in [4.78, 5) is 11.5. The normalized spacial score (nSPS) is 11.8. The molecular weight excluding hydrogens is 261 g/mol. The first-order valence-corrected chi connectivity index (χ1v) is 5.93. The molecule has 0 radical (unpaired) electrons. The molecule has 19 heavy (non-hydrogen) atoms. The van der Waals surface area contributed by atoms with Crippen molar-refractivity contribution in [2.24, 2.45) is 0 Å². The van der Waals surface area contributed by atoms with E-state index in [1.807, 2.05) is 0 Å². The Kier molecular flexibility index (Phi) is 6.04. The second-order valence-electron chi connectivity index (χ2n) is 4.00. The highest BCUT2D eigenvalue weighted by molar-refractivity contribution is 5.10. The molecule has 0 aliphatic carbocycles. The van der Waals surface area contributed by atoms with Crippen LogP contribution in [0, 0.1) is 0 Å². The van der Waals surface area contributed by atoms with E-state index in [-0.39, 0.29) is 6.54 Å². The lowest BCUT2D eigenvalue weighted by Crippen LogP contribution is -2.29. The Morgan fingerprint density at radius 3 is 2.68 bits per heavy atom. The fourth-order valence-corrected chi connectivity index (χ4v) is 1.66. The molecule has 0 spiro atoms. The van der Waals surface area contributed by atoms with Gasteiger partial charge in [0.1, 0.15) is 5.69 Å². The molecule has 1 heterocycles. The molecule has 0 aliphatic heterocycles. The van der Waals surface area contributed by atoms with Crippen molar-refractivity contribution < 1.29 is 17.9 Å². The van der Waals surface area contributed by atoms with Crippen LogP contribution in [-0.4, -0.2) is 31.4 Å². The Bertz CT molecular complexity index is 443. The van der Waals surface area contributed by atoms with Crippen molar-refractivity contribution in [2.75, 3.05) is 26.8 Å². The fourth-order valence-electron chi connectivity index (χ4n) is 1.66. The van der Waals surface area contributed by atoms with Gasteiger partial charge in [-0.2, -0.15) is 13.2 Å². The molecule has 0 bridgehead atoms. The van der Waals surface area contributed by atoms with E-state index >= 15 is 0 Å². The lowest BCUT2D eigenvalue weighted by atomic mass is 10.3. The van der Waals surface area contributed by atoms with Gasteiger partial charge in [-0.3, -0.25) is 4.79 Å². The van der Waals surface area contributed by atoms with E-state index in [2.05, 4.69) is 5.32 Å². The molecule has 0 aliphatic rings. The summed E-state index contributed by atoms with van der Waals surface area (Å²) in [6.45, 7) is 1.74. The number of nitrogens with zero attached hydrogens (tertiary/aromatic N) is 1. The number of pyridine rings is 1. The van der Waals surface area contributed by atoms with E-state index in [9.17, 15) is 18.0 Å². The summed E-state index contributed by atoms with van der Waals surface area (Å²) in [5.41, 5.74) is -1.54. The van der Waals surface area contributed by atoms with Gasteiger partial charge in [0.25, 0.3) is 5.56 Å². The Hall–Kier alpha value is -1.34. The van der Waals surface area contributed by atoms with E-state index in [1.165, 1.54) is 0 Å². The summed E-state index contributed by atoms with van der Waals surface area (Å²) in [5, 5.41) is 3.01. The van der Waals surface area contributed by atoms with Crippen molar-refractivity contribution in [3.63, 3.8) is 0 Å². The summed E-state index contributed by atoms with van der Waals surface area (Å²) in [5.74, 6) is 0. The number of alkyl halides is 3. The molecule has 0 atom stereocenters. The van der Waals surface area contributed by atoms with Gasteiger partial charge in [-0.05, 0) is 19.0 Å². The summed E-state index contributed by atoms with van der Waals surface area (Å²) in [6.07, 6.45) is -4.07. The molecule has 0 amide bonds. The second-order valence-corrected chi connectivity index (χ2v) is 4.00. The molecule has 1 aromatic heterocycles. The first kappa shape index (κ1) is 15.7. The summed E-state index contributed by atoms with van der Waals surface area (Å²) < 4.78 is 43.7. The monoisotopic (exact) mass is 278 g/mol. The van der Waals surface area contributed by atoms with E-state index < -0.39 is 17.4 Å². The molecule has 1 N–H and O–H groups in total. The second kappa shape index (κ2) is 7.30. The van der Waals surface area contributed by atoms with Crippen molar-refractivity contribution in [1.29, 1.82) is 0 Å². The van der Waals surface area contributed by atoms with Gasteiger partial charge in [-0.1, -0.05) is 6.07 Å². The zero-order chi connectivity index (χ0) is 14.3. The highest BCUT2D eigenvalue weighted by Crippen LogP contribution is 2.28. The van der Waals surface area contributed by atoms with Gasteiger partial charge in [-0.25, -0.2) is 0 Å². The predicted molar refractivity (Wildman–Crippen MR) is 65.1 cm³/mol. The molecule has 0 fully saturated rings. The highest BCUT2D eigenvalue weighted by Gasteiger charge is 2.33. The third kappa shape index (κ3) is 5.04. The third-order valence-electron chi connectivity index (χ3n) is 2.56. The SMILES string of the molecule is COCCNCCCn1c(C(F)(F)F)cccc1=O. The molecule has 0 saturated carbocycles. The van der Waals surface area contributed by atoms with Crippen molar-refractivity contribution in [3.8, 4) is 0 Å². The van der Waals surface area contributed by atoms with Crippen LogP contribution in [0.5, 0.6) is 0 Å². The van der Waals surface area contributed by atoms with Gasteiger partial charge in [0.2, 0.25) is 0 Å². The van der Waals surface area contributed by atoms with Crippen LogP contribution in [0.3, 0.4) is 0 Å². The molecule has 0 saturated heterocycles. The van der Waals surface area contributed by atoms with Crippen LogP contribution in [0.4, 0.5) is 13.2 Å². The minimum atomic E-state index is -4.51. The van der Waals surface area contributed by atoms with Crippen LogP contribution >= 0.6 is 0 Å². The zero-order valence-electron chi connectivity index (χ0n) is 10.7. The molecule has 108 valence electrons. The summed E-state index contributed by atoms with van der Waals surface area (Å²) in [6, 6.07) is 3.17. The minimum Gasteiger partial charge on any atom is -0.383 e. The van der Waals surface area contributed by atoms with E-state index in [0.29, 0.717) is 26.1 Å². The molecule has 7 heteroatoms. The van der Waals surface area contributed by atoms with Crippen molar-refractivity contribution in [2.45, 2.75) is 19.1 Å². The number of ether oxygens (including phenoxy) is 1. The highest BCUT2D eigenvalue weighted by atomic mass is 19.4. The number of hydrogen-bond acceptors (Lipinski definition) is 3. The smallest absolute Gasteiger partial charge is 0.383 e. The van der Waals surface area contributed by atoms with Crippen LogP contribution in [0.15, 0.2) is 23.0 Å². The van der Waals surface area contributed by atoms with Crippen LogP contribution < -0.4 is 10.9 Å². The van der Waals surface area contributed by atoms with Gasteiger partial charge in [0.05, 0.1) is 6.61 Å². The zero-order valence-corrected chi connectivity index (χ0v) is 10.7. The number of hydrogen-bond donors (Lipinski definition) is 1. The lowest BCUT2D eigenvalue weighted by molar-refractivity contribution is -0.144. The molecule has 0 aromatic carbocycles. The third-order valence-corrected chi connectivity index (χ3v) is 2.56. The number of rotatable bonds is 7. The van der Waals surface area contributed by atoms with E-state index in [0.717, 1.165) is 22.8 Å². The van der Waals surface area contributed by atoms with Crippen molar-refractivity contribution >= 4 is 0 Å². The maximum absolute atomic E-state index is 12.7. The van der Waals surface area contributed by atoms with Crippen LogP contribution in [-0.2, 0) is 17.5 Å². The van der Waals surface area contributed by atoms with Crippen molar-refractivity contribution in [3.05, 3.63) is 34.2 Å². The minimum absolute atomic E-state index is 0.0362. The molecule has 0 unspecified atom stereocenters. The Labute approximate surface area is 109 Å². The first-order valence-electron chi connectivity index (χ1n) is 5.93. The first-order chi connectivity index (χ1) is 8.96. The predicted octanol–water partition coefficient (Wildman–Crippen LogP) is 1.49. The largest absolute Gasteiger partial charge is 0.431 e. The maximum atomic E-state index is 12.7. The summed E-state index contributed by atoms with van der Waals surface area (Å²) in [7, 11) is 1.57. The van der Waals surface area contributed by atoms with E-state index in [4.69, 9.17) is 4.74 Å². The molecule has 1 rings (SSSR count). The molecular formula is C12H17F3N2O2. The van der Waals surface area contributed by atoms with Crippen molar-refractivity contribution in [1.82, 2.24) is 9.88 Å². The van der Waals surface area contributed by atoms with Gasteiger partial charge < -0.3 is 14.6 Å². The average molecular weight is 278 g/mol. The summed E-state index contributed by atoms with van der Waals surface area (Å²) >= 11 is 0. The van der Waals surface area contributed by atoms with Crippen LogP contribution in [0.1, 0.15) is 12.1 Å². The number of nitrogens with one attached hydrogen (secondary N) is 1. The van der Waals surface area contributed by atoms with Gasteiger partial charge in [0, 0.05) is 26.3 Å². The lowest BCUT2D eigenvalue weighted by Gasteiger charge is -2.14. The topological polar surface area (TPSA) is 43.3 Å². The van der Waals surface area contributed by atoms with Gasteiger partial charge in [-0.15, -0.1) is 0 Å². The average Bonchev–Trinajstić information content (AvgIpc) is 2.33. The quantitative estimate of drug-likeness (QED) is 0.769. The molecule has 1 aromatic rings. The standard InChI is InChI=1S/C12H17F3N2O2/c1-19-9-7-16-6-3-8-17-10(12(13,14)15)4-2-5-11(17)18/h2,4-5,16H,3,6-9H2,1H3. The Morgan fingerprint density at radius 1 is 1.32 bits per heavy atom. The van der Waals surface area contributed by atoms with Gasteiger partial charge >= 0.3 is 6.18 Å². The van der Waals surface area contributed by atoms with E-state index in [1.54, 1.807) is 7.11 Å². The van der Waals surface area contributed by atoms with Gasteiger partial charge in [0.15, 0.2) is 0 Å². The number of aromatic nitrogens is 1. The Balaban J connectivity index is 2.60. The fraction of sp³-hybridized carbons (Fsp3) is 0.583. The number of methoxy groups -OCH3 is 1.